The van der Waals surface area contributed by atoms with Crippen molar-refractivity contribution in [1.29, 1.82) is 0 Å². The van der Waals surface area contributed by atoms with E-state index >= 15 is 0 Å². The Hall–Kier alpha value is -0.530. The number of hydrogen-bond donors (Lipinski definition) is 1. The Morgan fingerprint density at radius 1 is 1.47 bits per heavy atom. The molecule has 1 atom stereocenters. The smallest absolute Gasteiger partial charge is 0.0437 e. The Morgan fingerprint density at radius 3 is 2.80 bits per heavy atom. The highest BCUT2D eigenvalue weighted by Gasteiger charge is 2.27. The molecule has 0 bridgehead atoms. The first kappa shape index (κ1) is 11.0. The maximum Gasteiger partial charge on any atom is 0.0437 e. The lowest BCUT2D eigenvalue weighted by molar-refractivity contribution is 0.550. The average molecular weight is 224 g/mol. The SMILES string of the molecule is Cc1ccc(CCC(N)C2CC2)cc1Cl. The molecule has 2 N–H and O–H groups in total. The first-order valence-corrected chi connectivity index (χ1v) is 6.05. The summed E-state index contributed by atoms with van der Waals surface area (Å²) in [5.74, 6) is 0.797. The van der Waals surface area contributed by atoms with Gasteiger partial charge in [0.05, 0.1) is 0 Å². The third-order valence-electron chi connectivity index (χ3n) is 3.23. The van der Waals surface area contributed by atoms with Gasteiger partial charge in [0.25, 0.3) is 0 Å². The Bertz CT molecular complexity index is 344. The normalized spacial score (nSPS) is 17.8. The molecule has 0 spiro atoms. The third kappa shape index (κ3) is 2.96. The van der Waals surface area contributed by atoms with Crippen molar-refractivity contribution in [3.8, 4) is 0 Å². The summed E-state index contributed by atoms with van der Waals surface area (Å²) in [6, 6.07) is 6.70. The topological polar surface area (TPSA) is 26.0 Å². The monoisotopic (exact) mass is 223 g/mol. The van der Waals surface area contributed by atoms with E-state index in [1.54, 1.807) is 0 Å². The van der Waals surface area contributed by atoms with Gasteiger partial charge in [-0.15, -0.1) is 0 Å². The summed E-state index contributed by atoms with van der Waals surface area (Å²) in [5.41, 5.74) is 8.51. The van der Waals surface area contributed by atoms with Gasteiger partial charge in [0.1, 0.15) is 0 Å². The number of rotatable bonds is 4. The van der Waals surface area contributed by atoms with Crippen molar-refractivity contribution in [1.82, 2.24) is 0 Å². The van der Waals surface area contributed by atoms with Crippen LogP contribution in [0.25, 0.3) is 0 Å². The van der Waals surface area contributed by atoms with Crippen molar-refractivity contribution in [2.75, 3.05) is 0 Å². The van der Waals surface area contributed by atoms with Gasteiger partial charge in [0, 0.05) is 11.1 Å². The van der Waals surface area contributed by atoms with Crippen LogP contribution in [0.1, 0.15) is 30.4 Å². The quantitative estimate of drug-likeness (QED) is 0.833. The summed E-state index contributed by atoms with van der Waals surface area (Å²) >= 11 is 6.07. The molecule has 0 amide bonds. The molecule has 1 unspecified atom stereocenters. The maximum atomic E-state index is 6.07. The predicted molar refractivity (Wildman–Crippen MR) is 65.2 cm³/mol. The van der Waals surface area contributed by atoms with Gasteiger partial charge < -0.3 is 5.73 Å². The van der Waals surface area contributed by atoms with Crippen molar-refractivity contribution in [3.63, 3.8) is 0 Å². The Kier molecular flexibility index (Phi) is 3.32. The fourth-order valence-corrected chi connectivity index (χ4v) is 2.09. The second-order valence-corrected chi connectivity index (χ2v) is 5.03. The first-order chi connectivity index (χ1) is 7.16. The molecule has 0 saturated heterocycles. The molecule has 1 fully saturated rings. The number of nitrogens with two attached hydrogens (primary N) is 1. The molecule has 0 heterocycles. The summed E-state index contributed by atoms with van der Waals surface area (Å²) in [6.07, 6.45) is 4.80. The summed E-state index contributed by atoms with van der Waals surface area (Å²) < 4.78 is 0. The van der Waals surface area contributed by atoms with Gasteiger partial charge in [-0.25, -0.2) is 0 Å². The van der Waals surface area contributed by atoms with Crippen molar-refractivity contribution in [3.05, 3.63) is 34.3 Å². The second kappa shape index (κ2) is 4.54. The fraction of sp³-hybridized carbons (Fsp3) is 0.538. The minimum absolute atomic E-state index is 0.394. The van der Waals surface area contributed by atoms with Crippen LogP contribution in [-0.2, 0) is 6.42 Å². The van der Waals surface area contributed by atoms with Gasteiger partial charge >= 0.3 is 0 Å². The molecule has 1 aliphatic carbocycles. The maximum absolute atomic E-state index is 6.07. The van der Waals surface area contributed by atoms with E-state index in [0.717, 1.165) is 29.3 Å². The molecule has 15 heavy (non-hydrogen) atoms. The molecule has 0 aliphatic heterocycles. The van der Waals surface area contributed by atoms with Crippen LogP contribution in [0.4, 0.5) is 0 Å². The van der Waals surface area contributed by atoms with E-state index in [0.29, 0.717) is 6.04 Å². The lowest BCUT2D eigenvalue weighted by Crippen LogP contribution is -2.22. The molecule has 1 saturated carbocycles. The third-order valence-corrected chi connectivity index (χ3v) is 3.64. The van der Waals surface area contributed by atoms with Gasteiger partial charge in [-0.2, -0.15) is 0 Å². The van der Waals surface area contributed by atoms with Crippen LogP contribution in [0.5, 0.6) is 0 Å². The highest BCUT2D eigenvalue weighted by molar-refractivity contribution is 6.31. The predicted octanol–water partition coefficient (Wildman–Crippen LogP) is 3.32. The van der Waals surface area contributed by atoms with Crippen molar-refractivity contribution < 1.29 is 0 Å². The zero-order chi connectivity index (χ0) is 10.8. The fourth-order valence-electron chi connectivity index (χ4n) is 1.89. The van der Waals surface area contributed by atoms with E-state index in [4.69, 9.17) is 17.3 Å². The highest BCUT2D eigenvalue weighted by Crippen LogP contribution is 2.33. The molecule has 2 heteroatoms. The molecule has 1 aromatic carbocycles. The van der Waals surface area contributed by atoms with E-state index in [1.807, 2.05) is 6.92 Å². The summed E-state index contributed by atoms with van der Waals surface area (Å²) in [7, 11) is 0. The minimum Gasteiger partial charge on any atom is -0.327 e. The average Bonchev–Trinajstić information content (AvgIpc) is 3.03. The number of benzene rings is 1. The lowest BCUT2D eigenvalue weighted by Gasteiger charge is -2.10. The van der Waals surface area contributed by atoms with Gasteiger partial charge in [0.15, 0.2) is 0 Å². The first-order valence-electron chi connectivity index (χ1n) is 5.67. The number of hydrogen-bond acceptors (Lipinski definition) is 1. The van der Waals surface area contributed by atoms with Crippen molar-refractivity contribution in [2.24, 2.45) is 11.7 Å². The van der Waals surface area contributed by atoms with Crippen molar-refractivity contribution >= 4 is 11.6 Å². The Balaban J connectivity index is 1.89. The van der Waals surface area contributed by atoms with E-state index in [-0.39, 0.29) is 0 Å². The highest BCUT2D eigenvalue weighted by atomic mass is 35.5. The molecule has 1 nitrogen and oxygen atoms in total. The van der Waals surface area contributed by atoms with Gasteiger partial charge in [-0.1, -0.05) is 23.7 Å². The van der Waals surface area contributed by atoms with Gasteiger partial charge in [-0.3, -0.25) is 0 Å². The van der Waals surface area contributed by atoms with E-state index < -0.39 is 0 Å². The number of halogens is 1. The standard InChI is InChI=1S/C13H18ClN/c1-9-2-3-10(8-12(9)14)4-7-13(15)11-5-6-11/h2-3,8,11,13H,4-7,15H2,1H3. The molecular weight excluding hydrogens is 206 g/mol. The summed E-state index contributed by atoms with van der Waals surface area (Å²) in [6.45, 7) is 2.03. The minimum atomic E-state index is 0.394. The van der Waals surface area contributed by atoms with Crippen LogP contribution in [0.3, 0.4) is 0 Å². The van der Waals surface area contributed by atoms with Crippen LogP contribution in [0, 0.1) is 12.8 Å². The molecule has 1 aromatic rings. The second-order valence-electron chi connectivity index (χ2n) is 4.62. The molecule has 1 aliphatic rings. The van der Waals surface area contributed by atoms with Crippen LogP contribution < -0.4 is 5.73 Å². The van der Waals surface area contributed by atoms with Crippen LogP contribution in [0.15, 0.2) is 18.2 Å². The van der Waals surface area contributed by atoms with Crippen LogP contribution >= 0.6 is 11.6 Å². The molecule has 2 rings (SSSR count). The summed E-state index contributed by atoms with van der Waals surface area (Å²) in [4.78, 5) is 0. The van der Waals surface area contributed by atoms with Gasteiger partial charge in [0.2, 0.25) is 0 Å². The lowest BCUT2D eigenvalue weighted by atomic mass is 10.0. The van der Waals surface area contributed by atoms with E-state index in [9.17, 15) is 0 Å². The van der Waals surface area contributed by atoms with Gasteiger partial charge in [-0.05, 0) is 55.7 Å². The van der Waals surface area contributed by atoms with E-state index in [1.165, 1.54) is 18.4 Å². The molecule has 82 valence electrons. The zero-order valence-corrected chi connectivity index (χ0v) is 9.93. The Labute approximate surface area is 96.6 Å². The van der Waals surface area contributed by atoms with Crippen molar-refractivity contribution in [2.45, 2.75) is 38.6 Å². The summed E-state index contributed by atoms with van der Waals surface area (Å²) in [5, 5.41) is 0.868. The molecular formula is C13H18ClN. The largest absolute Gasteiger partial charge is 0.327 e. The van der Waals surface area contributed by atoms with E-state index in [2.05, 4.69) is 18.2 Å². The van der Waals surface area contributed by atoms with Crippen LogP contribution in [-0.4, -0.2) is 6.04 Å². The van der Waals surface area contributed by atoms with Crippen LogP contribution in [0.2, 0.25) is 5.02 Å². The zero-order valence-electron chi connectivity index (χ0n) is 9.17. The molecule has 0 radical (unpaired) electrons. The Morgan fingerprint density at radius 2 is 2.20 bits per heavy atom. The number of aryl methyl sites for hydroxylation is 2. The molecule has 0 aromatic heterocycles.